The fraction of sp³-hybridized carbons (Fsp3) is 0.556. The first-order valence-electron chi connectivity index (χ1n) is 8.69. The standard InChI is InChI=1S/C18H26N4O2/c1-24-12-4-9-19-18(23)14-7-10-22(11-8-14)13-17-20-15-5-2-3-6-16(15)21-17/h2-3,5-6,14H,4,7-13H2,1H3,(H,19,23)(H,20,21). The van der Waals surface area contributed by atoms with Crippen LogP contribution in [0.3, 0.4) is 0 Å². The number of nitrogens with zero attached hydrogens (tertiary/aromatic N) is 2. The lowest BCUT2D eigenvalue weighted by molar-refractivity contribution is -0.126. The molecule has 24 heavy (non-hydrogen) atoms. The molecular weight excluding hydrogens is 304 g/mol. The van der Waals surface area contributed by atoms with Gasteiger partial charge in [-0.1, -0.05) is 12.1 Å². The number of nitrogens with one attached hydrogen (secondary N) is 2. The number of rotatable bonds is 7. The van der Waals surface area contributed by atoms with Crippen LogP contribution >= 0.6 is 0 Å². The van der Waals surface area contributed by atoms with E-state index < -0.39 is 0 Å². The number of ether oxygens (including phenoxy) is 1. The average molecular weight is 330 g/mol. The van der Waals surface area contributed by atoms with Gasteiger partial charge in [0, 0.05) is 26.2 Å². The van der Waals surface area contributed by atoms with Gasteiger partial charge in [0.15, 0.2) is 0 Å². The minimum absolute atomic E-state index is 0.138. The summed E-state index contributed by atoms with van der Waals surface area (Å²) in [5, 5.41) is 3.01. The van der Waals surface area contributed by atoms with Gasteiger partial charge in [0.1, 0.15) is 5.82 Å². The summed E-state index contributed by atoms with van der Waals surface area (Å²) in [5.74, 6) is 1.33. The summed E-state index contributed by atoms with van der Waals surface area (Å²) >= 11 is 0. The molecule has 1 aromatic carbocycles. The molecule has 0 bridgehead atoms. The summed E-state index contributed by atoms with van der Waals surface area (Å²) in [6.07, 6.45) is 2.69. The van der Waals surface area contributed by atoms with Gasteiger partial charge in [0.05, 0.1) is 17.6 Å². The van der Waals surface area contributed by atoms with Gasteiger partial charge in [-0.05, 0) is 44.5 Å². The summed E-state index contributed by atoms with van der Waals surface area (Å²) in [6, 6.07) is 8.09. The van der Waals surface area contributed by atoms with Gasteiger partial charge in [-0.3, -0.25) is 9.69 Å². The highest BCUT2D eigenvalue weighted by Crippen LogP contribution is 2.19. The lowest BCUT2D eigenvalue weighted by atomic mass is 9.96. The maximum absolute atomic E-state index is 12.2. The van der Waals surface area contributed by atoms with E-state index in [9.17, 15) is 4.79 Å². The number of fused-ring (bicyclic) bond motifs is 1. The number of hydrogen-bond acceptors (Lipinski definition) is 4. The topological polar surface area (TPSA) is 70.2 Å². The van der Waals surface area contributed by atoms with Crippen molar-refractivity contribution >= 4 is 16.9 Å². The summed E-state index contributed by atoms with van der Waals surface area (Å²) in [4.78, 5) is 22.5. The zero-order chi connectivity index (χ0) is 16.8. The number of carbonyl (C=O) groups is 1. The van der Waals surface area contributed by atoms with Crippen LogP contribution in [0.15, 0.2) is 24.3 Å². The van der Waals surface area contributed by atoms with E-state index in [4.69, 9.17) is 4.74 Å². The Morgan fingerprint density at radius 2 is 2.17 bits per heavy atom. The molecule has 2 heterocycles. The van der Waals surface area contributed by atoms with Crippen molar-refractivity contribution in [1.82, 2.24) is 20.2 Å². The fourth-order valence-electron chi connectivity index (χ4n) is 3.22. The highest BCUT2D eigenvalue weighted by Gasteiger charge is 2.25. The van der Waals surface area contributed by atoms with Gasteiger partial charge in [-0.2, -0.15) is 0 Å². The van der Waals surface area contributed by atoms with E-state index in [1.165, 1.54) is 0 Å². The number of methoxy groups -OCH3 is 1. The summed E-state index contributed by atoms with van der Waals surface area (Å²) in [5.41, 5.74) is 2.09. The largest absolute Gasteiger partial charge is 0.385 e. The minimum atomic E-state index is 0.138. The Balaban J connectivity index is 1.44. The van der Waals surface area contributed by atoms with Crippen LogP contribution in [-0.4, -0.2) is 54.1 Å². The zero-order valence-electron chi connectivity index (χ0n) is 14.3. The third kappa shape index (κ3) is 4.33. The van der Waals surface area contributed by atoms with E-state index in [2.05, 4.69) is 20.2 Å². The first-order valence-corrected chi connectivity index (χ1v) is 8.69. The van der Waals surface area contributed by atoms with Crippen LogP contribution in [0, 0.1) is 5.92 Å². The third-order valence-electron chi connectivity index (χ3n) is 4.59. The average Bonchev–Trinajstić information content (AvgIpc) is 3.01. The number of aromatic amines is 1. The van der Waals surface area contributed by atoms with Crippen LogP contribution < -0.4 is 5.32 Å². The first kappa shape index (κ1) is 16.9. The molecule has 3 rings (SSSR count). The molecule has 1 aromatic heterocycles. The molecule has 1 aliphatic rings. The molecule has 0 saturated carbocycles. The third-order valence-corrected chi connectivity index (χ3v) is 4.59. The minimum Gasteiger partial charge on any atom is -0.385 e. The number of hydrogen-bond donors (Lipinski definition) is 2. The van der Waals surface area contributed by atoms with Crippen molar-refractivity contribution in [2.45, 2.75) is 25.8 Å². The number of aromatic nitrogens is 2. The molecular formula is C18H26N4O2. The number of imidazole rings is 1. The molecule has 0 radical (unpaired) electrons. The lowest BCUT2D eigenvalue weighted by Crippen LogP contribution is -2.40. The first-order chi connectivity index (χ1) is 11.8. The Labute approximate surface area is 142 Å². The van der Waals surface area contributed by atoms with Gasteiger partial charge in [0.2, 0.25) is 5.91 Å². The maximum Gasteiger partial charge on any atom is 0.223 e. The second kappa shape index (κ2) is 8.26. The molecule has 2 aromatic rings. The van der Waals surface area contributed by atoms with E-state index >= 15 is 0 Å². The van der Waals surface area contributed by atoms with Crippen molar-refractivity contribution in [2.24, 2.45) is 5.92 Å². The predicted octanol–water partition coefficient (Wildman–Crippen LogP) is 1.93. The number of para-hydroxylation sites is 2. The number of H-pyrrole nitrogens is 1. The SMILES string of the molecule is COCCCNC(=O)C1CCN(Cc2nc3ccccc3[nH]2)CC1. The van der Waals surface area contributed by atoms with Crippen LogP contribution in [0.5, 0.6) is 0 Å². The van der Waals surface area contributed by atoms with Crippen LogP contribution in [0.4, 0.5) is 0 Å². The molecule has 0 spiro atoms. The zero-order valence-corrected chi connectivity index (χ0v) is 14.3. The van der Waals surface area contributed by atoms with Crippen LogP contribution in [-0.2, 0) is 16.1 Å². The summed E-state index contributed by atoms with van der Waals surface area (Å²) < 4.78 is 4.99. The molecule has 6 heteroatoms. The van der Waals surface area contributed by atoms with E-state index in [1.807, 2.05) is 24.3 Å². The van der Waals surface area contributed by atoms with E-state index in [0.717, 1.165) is 55.8 Å². The van der Waals surface area contributed by atoms with Crippen molar-refractivity contribution in [3.63, 3.8) is 0 Å². The Kier molecular flexibility index (Phi) is 5.82. The normalized spacial score (nSPS) is 16.5. The molecule has 6 nitrogen and oxygen atoms in total. The number of carbonyl (C=O) groups excluding carboxylic acids is 1. The molecule has 1 saturated heterocycles. The molecule has 0 atom stereocenters. The lowest BCUT2D eigenvalue weighted by Gasteiger charge is -2.30. The van der Waals surface area contributed by atoms with Gasteiger partial charge in [0.25, 0.3) is 0 Å². The van der Waals surface area contributed by atoms with E-state index in [1.54, 1.807) is 7.11 Å². The molecule has 0 unspecified atom stereocenters. The molecule has 2 N–H and O–H groups in total. The van der Waals surface area contributed by atoms with Gasteiger partial charge < -0.3 is 15.0 Å². The number of likely N-dealkylation sites (tertiary alicyclic amines) is 1. The Hall–Kier alpha value is -1.92. The summed E-state index contributed by atoms with van der Waals surface area (Å²) in [6.45, 7) is 4.08. The quantitative estimate of drug-likeness (QED) is 0.761. The van der Waals surface area contributed by atoms with Crippen LogP contribution in [0.2, 0.25) is 0 Å². The summed E-state index contributed by atoms with van der Waals surface area (Å²) in [7, 11) is 1.68. The highest BCUT2D eigenvalue weighted by molar-refractivity contribution is 5.78. The number of piperidine rings is 1. The molecule has 0 aliphatic carbocycles. The number of amides is 1. The predicted molar refractivity (Wildman–Crippen MR) is 93.6 cm³/mol. The van der Waals surface area contributed by atoms with E-state index in [0.29, 0.717) is 13.2 Å². The number of benzene rings is 1. The van der Waals surface area contributed by atoms with Gasteiger partial charge in [-0.25, -0.2) is 4.98 Å². The van der Waals surface area contributed by atoms with Gasteiger partial charge in [-0.15, -0.1) is 0 Å². The highest BCUT2D eigenvalue weighted by atomic mass is 16.5. The van der Waals surface area contributed by atoms with Crippen molar-refractivity contribution < 1.29 is 9.53 Å². The second-order valence-corrected chi connectivity index (χ2v) is 6.39. The molecule has 1 aliphatic heterocycles. The van der Waals surface area contributed by atoms with Crippen molar-refractivity contribution in [1.29, 1.82) is 0 Å². The van der Waals surface area contributed by atoms with Crippen molar-refractivity contribution in [3.8, 4) is 0 Å². The maximum atomic E-state index is 12.2. The Morgan fingerprint density at radius 3 is 2.92 bits per heavy atom. The van der Waals surface area contributed by atoms with E-state index in [-0.39, 0.29) is 11.8 Å². The Bertz CT molecular complexity index is 629. The molecule has 130 valence electrons. The molecule has 1 fully saturated rings. The van der Waals surface area contributed by atoms with Crippen molar-refractivity contribution in [2.75, 3.05) is 33.4 Å². The fourth-order valence-corrected chi connectivity index (χ4v) is 3.22. The van der Waals surface area contributed by atoms with Crippen LogP contribution in [0.1, 0.15) is 25.1 Å². The second-order valence-electron chi connectivity index (χ2n) is 6.39. The Morgan fingerprint density at radius 1 is 1.38 bits per heavy atom. The van der Waals surface area contributed by atoms with Crippen LogP contribution in [0.25, 0.3) is 11.0 Å². The smallest absolute Gasteiger partial charge is 0.223 e. The van der Waals surface area contributed by atoms with Gasteiger partial charge >= 0.3 is 0 Å². The van der Waals surface area contributed by atoms with Crippen molar-refractivity contribution in [3.05, 3.63) is 30.1 Å². The monoisotopic (exact) mass is 330 g/mol. The molecule has 1 amide bonds.